The number of nitrogens with one attached hydrogen (secondary N) is 2. The predicted octanol–water partition coefficient (Wildman–Crippen LogP) is 5.67. The number of carbonyl (C=O) groups excluding carboxylic acids is 3. The van der Waals surface area contributed by atoms with Gasteiger partial charge in [0.25, 0.3) is 5.91 Å². The van der Waals surface area contributed by atoms with Gasteiger partial charge < -0.3 is 20.1 Å². The molecule has 41 heavy (non-hydrogen) atoms. The number of hydrogen-bond donors (Lipinski definition) is 2. The van der Waals surface area contributed by atoms with E-state index < -0.39 is 6.10 Å². The van der Waals surface area contributed by atoms with Crippen molar-refractivity contribution in [3.63, 3.8) is 0 Å². The van der Waals surface area contributed by atoms with Crippen LogP contribution in [0.5, 0.6) is 11.5 Å². The molecule has 2 N–H and O–H groups in total. The third kappa shape index (κ3) is 7.19. The average molecular weight is 548 g/mol. The molecule has 0 radical (unpaired) electrons. The van der Waals surface area contributed by atoms with Gasteiger partial charge >= 0.3 is 0 Å². The minimum absolute atomic E-state index is 0.198. The van der Waals surface area contributed by atoms with Crippen LogP contribution >= 0.6 is 0 Å². The molecule has 1 unspecified atom stereocenters. The molecule has 5 rings (SSSR count). The molecule has 4 aromatic carbocycles. The lowest BCUT2D eigenvalue weighted by Gasteiger charge is -2.32. The van der Waals surface area contributed by atoms with Crippen molar-refractivity contribution in [1.29, 1.82) is 0 Å². The summed E-state index contributed by atoms with van der Waals surface area (Å²) in [5, 5.41) is 5.60. The lowest BCUT2D eigenvalue weighted by Crippen LogP contribution is -2.47. The molecule has 1 heterocycles. The second-order valence-electron chi connectivity index (χ2n) is 9.45. The molecule has 206 valence electrons. The molecule has 1 aliphatic rings. The lowest BCUT2D eigenvalue weighted by atomic mass is 10.1. The molecule has 3 amide bonds. The van der Waals surface area contributed by atoms with E-state index in [-0.39, 0.29) is 24.3 Å². The molecule has 0 saturated carbocycles. The molecule has 8 nitrogen and oxygen atoms in total. The number of hydrogen-bond acceptors (Lipinski definition) is 5. The van der Waals surface area contributed by atoms with E-state index in [0.29, 0.717) is 29.4 Å². The molecule has 0 fully saturated rings. The topological polar surface area (TPSA) is 97.0 Å². The predicted molar refractivity (Wildman–Crippen MR) is 159 cm³/mol. The Morgan fingerprint density at radius 1 is 0.878 bits per heavy atom. The van der Waals surface area contributed by atoms with Crippen LogP contribution in [0.1, 0.15) is 18.1 Å². The van der Waals surface area contributed by atoms with Crippen molar-refractivity contribution >= 4 is 40.9 Å². The first kappa shape index (κ1) is 27.2. The molecule has 0 spiro atoms. The molecule has 0 aliphatic carbocycles. The molecule has 0 saturated heterocycles. The van der Waals surface area contributed by atoms with Crippen LogP contribution in [-0.2, 0) is 21.0 Å². The summed E-state index contributed by atoms with van der Waals surface area (Å²) in [6.45, 7) is 1.91. The van der Waals surface area contributed by atoms with Crippen LogP contribution in [0, 0.1) is 0 Å². The van der Waals surface area contributed by atoms with Gasteiger partial charge in [-0.25, -0.2) is 0 Å². The van der Waals surface area contributed by atoms with Crippen molar-refractivity contribution in [2.24, 2.45) is 0 Å². The van der Waals surface area contributed by atoms with Crippen molar-refractivity contribution in [2.75, 3.05) is 22.1 Å². The summed E-state index contributed by atoms with van der Waals surface area (Å²) >= 11 is 0. The van der Waals surface area contributed by atoms with Gasteiger partial charge in [0.05, 0.1) is 5.69 Å². The van der Waals surface area contributed by atoms with Crippen molar-refractivity contribution < 1.29 is 23.9 Å². The number of amides is 3. The zero-order valence-corrected chi connectivity index (χ0v) is 22.4. The van der Waals surface area contributed by atoms with Gasteiger partial charge in [0.1, 0.15) is 24.7 Å². The summed E-state index contributed by atoms with van der Waals surface area (Å²) in [4.78, 5) is 39.7. The Morgan fingerprint density at radius 3 is 2.32 bits per heavy atom. The summed E-state index contributed by atoms with van der Waals surface area (Å²) in [6.07, 6.45) is 2.38. The number of anilines is 3. The van der Waals surface area contributed by atoms with E-state index >= 15 is 0 Å². The summed E-state index contributed by atoms with van der Waals surface area (Å²) in [6, 6.07) is 31.3. The third-order valence-electron chi connectivity index (χ3n) is 6.35. The molecule has 1 aliphatic heterocycles. The fraction of sp³-hybridized carbons (Fsp3) is 0.121. The van der Waals surface area contributed by atoms with Gasteiger partial charge in [0.2, 0.25) is 11.8 Å². The fourth-order valence-corrected chi connectivity index (χ4v) is 4.29. The fourth-order valence-electron chi connectivity index (χ4n) is 4.29. The maximum atomic E-state index is 12.9. The highest BCUT2D eigenvalue weighted by atomic mass is 16.5. The van der Waals surface area contributed by atoms with Crippen molar-refractivity contribution in [3.8, 4) is 11.5 Å². The SMILES string of the molecule is CC1Oc2ccc(NC(=O)/C=C/c3ccc(OCc4ccccc4)cc3)cc2N(CC(=O)Nc2ccccc2)C1=O. The highest BCUT2D eigenvalue weighted by Gasteiger charge is 2.33. The van der Waals surface area contributed by atoms with Crippen LogP contribution < -0.4 is 25.0 Å². The zero-order chi connectivity index (χ0) is 28.6. The molecule has 0 bridgehead atoms. The Bertz CT molecular complexity index is 1550. The van der Waals surface area contributed by atoms with E-state index in [0.717, 1.165) is 16.9 Å². The molecule has 8 heteroatoms. The van der Waals surface area contributed by atoms with E-state index in [1.165, 1.54) is 11.0 Å². The van der Waals surface area contributed by atoms with Gasteiger partial charge in [-0.15, -0.1) is 0 Å². The maximum Gasteiger partial charge on any atom is 0.268 e. The highest BCUT2D eigenvalue weighted by Crippen LogP contribution is 2.36. The van der Waals surface area contributed by atoms with Crippen LogP contribution in [0.4, 0.5) is 17.1 Å². The van der Waals surface area contributed by atoms with Crippen molar-refractivity contribution in [2.45, 2.75) is 19.6 Å². The Hall–Kier alpha value is -5.37. The van der Waals surface area contributed by atoms with E-state index in [2.05, 4.69) is 10.6 Å². The smallest absolute Gasteiger partial charge is 0.268 e. The minimum atomic E-state index is -0.745. The Labute approximate surface area is 238 Å². The number of benzene rings is 4. The van der Waals surface area contributed by atoms with Crippen LogP contribution in [0.2, 0.25) is 0 Å². The first-order valence-electron chi connectivity index (χ1n) is 13.2. The quantitative estimate of drug-likeness (QED) is 0.263. The number of fused-ring (bicyclic) bond motifs is 1. The monoisotopic (exact) mass is 547 g/mol. The van der Waals surface area contributed by atoms with E-state index in [9.17, 15) is 14.4 Å². The maximum absolute atomic E-state index is 12.9. The third-order valence-corrected chi connectivity index (χ3v) is 6.35. The number of nitrogens with zero attached hydrogens (tertiary/aromatic N) is 1. The standard InChI is InChI=1S/C33H29N3O5/c1-23-33(39)36(21-32(38)34-26-10-6-3-7-11-26)29-20-27(15-18-30(29)41-23)35-31(37)19-14-24-12-16-28(17-13-24)40-22-25-8-4-2-5-9-25/h2-20,23H,21-22H2,1H3,(H,34,38)(H,35,37)/b19-14+. The highest BCUT2D eigenvalue weighted by molar-refractivity contribution is 6.07. The zero-order valence-electron chi connectivity index (χ0n) is 22.4. The first-order chi connectivity index (χ1) is 19.9. The van der Waals surface area contributed by atoms with Crippen LogP contribution in [0.3, 0.4) is 0 Å². The number of carbonyl (C=O) groups is 3. The first-order valence-corrected chi connectivity index (χ1v) is 13.2. The second-order valence-corrected chi connectivity index (χ2v) is 9.45. The molecule has 0 aromatic heterocycles. The molecular weight excluding hydrogens is 518 g/mol. The molecule has 4 aromatic rings. The Morgan fingerprint density at radius 2 is 1.59 bits per heavy atom. The summed E-state index contributed by atoms with van der Waals surface area (Å²) in [5.74, 6) is 0.142. The normalized spacial score (nSPS) is 14.2. The number of rotatable bonds is 9. The van der Waals surface area contributed by atoms with E-state index in [1.807, 2.05) is 72.8 Å². The lowest BCUT2D eigenvalue weighted by molar-refractivity contribution is -0.127. The van der Waals surface area contributed by atoms with Gasteiger partial charge in [-0.05, 0) is 66.6 Å². The summed E-state index contributed by atoms with van der Waals surface area (Å²) in [5.41, 5.74) is 3.42. The Balaban J connectivity index is 1.21. The van der Waals surface area contributed by atoms with Crippen LogP contribution in [-0.4, -0.2) is 30.4 Å². The van der Waals surface area contributed by atoms with Crippen LogP contribution in [0.25, 0.3) is 6.08 Å². The van der Waals surface area contributed by atoms with Crippen molar-refractivity contribution in [3.05, 3.63) is 120 Å². The molecular formula is C33H29N3O5. The van der Waals surface area contributed by atoms with Gasteiger partial charge in [0, 0.05) is 17.5 Å². The van der Waals surface area contributed by atoms with Crippen LogP contribution in [0.15, 0.2) is 109 Å². The number of para-hydroxylation sites is 1. The van der Waals surface area contributed by atoms with Gasteiger partial charge in [0.15, 0.2) is 6.10 Å². The summed E-state index contributed by atoms with van der Waals surface area (Å²) in [7, 11) is 0. The van der Waals surface area contributed by atoms with E-state index in [1.54, 1.807) is 43.3 Å². The van der Waals surface area contributed by atoms with Gasteiger partial charge in [-0.2, -0.15) is 0 Å². The largest absolute Gasteiger partial charge is 0.489 e. The van der Waals surface area contributed by atoms with E-state index in [4.69, 9.17) is 9.47 Å². The summed E-state index contributed by atoms with van der Waals surface area (Å²) < 4.78 is 11.5. The van der Waals surface area contributed by atoms with Crippen molar-refractivity contribution in [1.82, 2.24) is 0 Å². The minimum Gasteiger partial charge on any atom is -0.489 e. The average Bonchev–Trinajstić information content (AvgIpc) is 2.99. The Kier molecular flexibility index (Phi) is 8.40. The van der Waals surface area contributed by atoms with Gasteiger partial charge in [-0.1, -0.05) is 60.7 Å². The number of ether oxygens (including phenoxy) is 2. The van der Waals surface area contributed by atoms with Gasteiger partial charge in [-0.3, -0.25) is 19.3 Å². The second kappa shape index (κ2) is 12.7. The molecule has 1 atom stereocenters.